The van der Waals surface area contributed by atoms with Crippen LogP contribution >= 0.6 is 15.9 Å². The van der Waals surface area contributed by atoms with Gasteiger partial charge in [-0.3, -0.25) is 0 Å². The zero-order chi connectivity index (χ0) is 15.2. The largest absolute Gasteiger partial charge is 0.310 e. The summed E-state index contributed by atoms with van der Waals surface area (Å²) in [7, 11) is 0. The maximum atomic E-state index is 4.27. The van der Waals surface area contributed by atoms with Crippen LogP contribution in [0.1, 0.15) is 41.9 Å². The number of hydrogen-bond acceptors (Lipinski definition) is 3. The lowest BCUT2D eigenvalue weighted by Crippen LogP contribution is -2.25. The van der Waals surface area contributed by atoms with E-state index in [0.29, 0.717) is 0 Å². The van der Waals surface area contributed by atoms with Crippen LogP contribution in [-0.2, 0) is 6.42 Å². The van der Waals surface area contributed by atoms with Crippen LogP contribution in [0.3, 0.4) is 0 Å². The number of aryl methyl sites for hydroxylation is 2. The zero-order valence-electron chi connectivity index (χ0n) is 12.9. The Hall–Kier alpha value is -1.26. The molecule has 1 aromatic carbocycles. The number of hydrogen-bond donors (Lipinski definition) is 1. The van der Waals surface area contributed by atoms with Gasteiger partial charge in [-0.2, -0.15) is 10.2 Å². The fourth-order valence-corrected chi connectivity index (χ4v) is 2.86. The van der Waals surface area contributed by atoms with Gasteiger partial charge in [0.1, 0.15) is 0 Å². The molecule has 0 aliphatic rings. The average Bonchev–Trinajstić information content (AvgIpc) is 2.48. The zero-order valence-corrected chi connectivity index (χ0v) is 14.4. The number of aromatic nitrogens is 2. The first-order valence-electron chi connectivity index (χ1n) is 7.39. The Morgan fingerprint density at radius 1 is 1.19 bits per heavy atom. The van der Waals surface area contributed by atoms with Crippen molar-refractivity contribution in [2.24, 2.45) is 0 Å². The van der Waals surface area contributed by atoms with Gasteiger partial charge < -0.3 is 5.32 Å². The van der Waals surface area contributed by atoms with Gasteiger partial charge in [0, 0.05) is 10.5 Å². The Labute approximate surface area is 135 Å². The summed E-state index contributed by atoms with van der Waals surface area (Å²) >= 11 is 3.64. The predicted molar refractivity (Wildman–Crippen MR) is 90.4 cm³/mol. The molecule has 4 heteroatoms. The van der Waals surface area contributed by atoms with Gasteiger partial charge >= 0.3 is 0 Å². The molecule has 1 heterocycles. The van der Waals surface area contributed by atoms with Gasteiger partial charge in [0.25, 0.3) is 0 Å². The van der Waals surface area contributed by atoms with Crippen LogP contribution in [0.2, 0.25) is 0 Å². The van der Waals surface area contributed by atoms with E-state index in [2.05, 4.69) is 62.6 Å². The van der Waals surface area contributed by atoms with Crippen LogP contribution in [0, 0.1) is 13.8 Å². The smallest absolute Gasteiger partial charge is 0.0648 e. The summed E-state index contributed by atoms with van der Waals surface area (Å²) in [5.41, 5.74) is 4.51. The minimum Gasteiger partial charge on any atom is -0.310 e. The predicted octanol–water partition coefficient (Wildman–Crippen LogP) is 4.14. The van der Waals surface area contributed by atoms with E-state index in [4.69, 9.17) is 0 Å². The van der Waals surface area contributed by atoms with E-state index in [1.807, 2.05) is 19.9 Å². The maximum Gasteiger partial charge on any atom is 0.0648 e. The molecule has 1 unspecified atom stereocenters. The van der Waals surface area contributed by atoms with Crippen LogP contribution in [0.5, 0.6) is 0 Å². The van der Waals surface area contributed by atoms with Gasteiger partial charge in [0.15, 0.2) is 0 Å². The van der Waals surface area contributed by atoms with E-state index < -0.39 is 0 Å². The number of rotatable bonds is 6. The lowest BCUT2D eigenvalue weighted by Gasteiger charge is -2.21. The highest BCUT2D eigenvalue weighted by Gasteiger charge is 2.16. The minimum atomic E-state index is 0.262. The second-order valence-electron chi connectivity index (χ2n) is 5.33. The Kier molecular flexibility index (Phi) is 5.88. The quantitative estimate of drug-likeness (QED) is 0.853. The molecule has 0 saturated heterocycles. The van der Waals surface area contributed by atoms with Crippen molar-refractivity contribution in [3.63, 3.8) is 0 Å². The third-order valence-electron chi connectivity index (χ3n) is 3.54. The van der Waals surface area contributed by atoms with Crippen molar-refractivity contribution in [2.45, 2.75) is 39.7 Å². The van der Waals surface area contributed by atoms with Crippen molar-refractivity contribution in [3.05, 3.63) is 57.3 Å². The van der Waals surface area contributed by atoms with E-state index >= 15 is 0 Å². The van der Waals surface area contributed by atoms with E-state index in [1.54, 1.807) is 0 Å². The molecule has 0 aliphatic carbocycles. The van der Waals surface area contributed by atoms with Crippen molar-refractivity contribution in [2.75, 3.05) is 6.54 Å². The normalized spacial score (nSPS) is 12.4. The van der Waals surface area contributed by atoms with Crippen molar-refractivity contribution >= 4 is 15.9 Å². The molecule has 0 saturated carbocycles. The first-order chi connectivity index (χ1) is 10.1. The van der Waals surface area contributed by atoms with Crippen molar-refractivity contribution in [3.8, 4) is 0 Å². The first-order valence-corrected chi connectivity index (χ1v) is 8.18. The molecule has 0 amide bonds. The molecule has 0 radical (unpaired) electrons. The molecule has 0 bridgehead atoms. The van der Waals surface area contributed by atoms with Crippen LogP contribution in [0.25, 0.3) is 0 Å². The summed E-state index contributed by atoms with van der Waals surface area (Å²) in [5, 5.41) is 12.1. The molecule has 112 valence electrons. The van der Waals surface area contributed by atoms with Gasteiger partial charge in [-0.1, -0.05) is 41.1 Å². The Balaban J connectivity index is 2.30. The van der Waals surface area contributed by atoms with Crippen LogP contribution < -0.4 is 5.32 Å². The van der Waals surface area contributed by atoms with Crippen molar-refractivity contribution in [1.82, 2.24) is 15.5 Å². The molecule has 1 N–H and O–H groups in total. The van der Waals surface area contributed by atoms with Crippen LogP contribution in [-0.4, -0.2) is 16.7 Å². The van der Waals surface area contributed by atoms with Gasteiger partial charge in [-0.05, 0) is 56.5 Å². The second kappa shape index (κ2) is 7.66. The van der Waals surface area contributed by atoms with E-state index in [-0.39, 0.29) is 6.04 Å². The molecular formula is C17H22BrN3. The van der Waals surface area contributed by atoms with Crippen LogP contribution in [0.4, 0.5) is 0 Å². The molecule has 3 nitrogen and oxygen atoms in total. The molecule has 21 heavy (non-hydrogen) atoms. The van der Waals surface area contributed by atoms with E-state index in [1.165, 1.54) is 11.1 Å². The Morgan fingerprint density at radius 2 is 1.95 bits per heavy atom. The molecule has 1 atom stereocenters. The molecule has 0 fully saturated rings. The molecular weight excluding hydrogens is 326 g/mol. The summed E-state index contributed by atoms with van der Waals surface area (Å²) in [4.78, 5) is 0. The minimum absolute atomic E-state index is 0.262. The standard InChI is InChI=1S/C17H22BrN3/c1-4-9-19-17(11-14-7-5-6-8-16(14)18)15-10-12(2)20-21-13(15)3/h5-8,10,17,19H,4,9,11H2,1-3H3. The van der Waals surface area contributed by atoms with Gasteiger partial charge in [-0.15, -0.1) is 0 Å². The van der Waals surface area contributed by atoms with E-state index in [0.717, 1.165) is 35.2 Å². The fraction of sp³-hybridized carbons (Fsp3) is 0.412. The third-order valence-corrected chi connectivity index (χ3v) is 4.31. The van der Waals surface area contributed by atoms with Gasteiger partial charge in [-0.25, -0.2) is 0 Å². The Morgan fingerprint density at radius 3 is 2.67 bits per heavy atom. The number of nitrogens with zero attached hydrogens (tertiary/aromatic N) is 2. The SMILES string of the molecule is CCCNC(Cc1ccccc1Br)c1cc(C)nnc1C. The highest BCUT2D eigenvalue weighted by Crippen LogP contribution is 2.25. The number of benzene rings is 1. The number of halogens is 1. The lowest BCUT2D eigenvalue weighted by atomic mass is 9.97. The molecule has 1 aromatic heterocycles. The van der Waals surface area contributed by atoms with Crippen molar-refractivity contribution < 1.29 is 0 Å². The van der Waals surface area contributed by atoms with Crippen molar-refractivity contribution in [1.29, 1.82) is 0 Å². The van der Waals surface area contributed by atoms with Gasteiger partial charge in [0.05, 0.1) is 11.4 Å². The third kappa shape index (κ3) is 4.35. The first kappa shape index (κ1) is 16.1. The monoisotopic (exact) mass is 347 g/mol. The average molecular weight is 348 g/mol. The summed E-state index contributed by atoms with van der Waals surface area (Å²) in [6.45, 7) is 7.20. The van der Waals surface area contributed by atoms with E-state index in [9.17, 15) is 0 Å². The highest BCUT2D eigenvalue weighted by molar-refractivity contribution is 9.10. The summed E-state index contributed by atoms with van der Waals surface area (Å²) in [6.07, 6.45) is 2.05. The fourth-order valence-electron chi connectivity index (χ4n) is 2.42. The molecule has 2 rings (SSSR count). The molecule has 0 spiro atoms. The maximum absolute atomic E-state index is 4.27. The summed E-state index contributed by atoms with van der Waals surface area (Å²) < 4.78 is 1.16. The lowest BCUT2D eigenvalue weighted by molar-refractivity contribution is 0.522. The summed E-state index contributed by atoms with van der Waals surface area (Å²) in [6, 6.07) is 10.8. The summed E-state index contributed by atoms with van der Waals surface area (Å²) in [5.74, 6) is 0. The Bertz CT molecular complexity index is 598. The van der Waals surface area contributed by atoms with Crippen LogP contribution in [0.15, 0.2) is 34.8 Å². The molecule has 2 aromatic rings. The second-order valence-corrected chi connectivity index (χ2v) is 6.18. The molecule has 0 aliphatic heterocycles. The van der Waals surface area contributed by atoms with Gasteiger partial charge in [0.2, 0.25) is 0 Å². The number of nitrogens with one attached hydrogen (secondary N) is 1. The topological polar surface area (TPSA) is 37.8 Å². The highest BCUT2D eigenvalue weighted by atomic mass is 79.9.